The molecule has 1 aromatic carbocycles. The summed E-state index contributed by atoms with van der Waals surface area (Å²) in [5, 5.41) is 12.9. The zero-order valence-electron chi connectivity index (χ0n) is 14.3. The topological polar surface area (TPSA) is 64.1 Å². The average molecular weight is 335 g/mol. The molecule has 0 atom stereocenters. The molecule has 128 valence electrons. The minimum absolute atomic E-state index is 0.181. The summed E-state index contributed by atoms with van der Waals surface area (Å²) >= 11 is 0. The van der Waals surface area contributed by atoms with E-state index in [9.17, 15) is 0 Å². The molecule has 2 aromatic heterocycles. The van der Waals surface area contributed by atoms with Gasteiger partial charge in [0.15, 0.2) is 5.76 Å². The number of benzene rings is 1. The first kappa shape index (κ1) is 17.0. The molecule has 5 heteroatoms. The Morgan fingerprint density at radius 3 is 2.84 bits per heavy atom. The van der Waals surface area contributed by atoms with Gasteiger partial charge in [-0.15, -0.1) is 0 Å². The van der Waals surface area contributed by atoms with Crippen LogP contribution in [0.1, 0.15) is 36.8 Å². The van der Waals surface area contributed by atoms with E-state index in [0.717, 1.165) is 34.8 Å². The lowest BCUT2D eigenvalue weighted by Crippen LogP contribution is -2.03. The van der Waals surface area contributed by atoms with E-state index in [1.54, 1.807) is 6.20 Å². The second-order valence-electron chi connectivity index (χ2n) is 5.71. The first-order valence-electron chi connectivity index (χ1n) is 8.46. The number of aliphatic hydroxyl groups excluding tert-OH is 1. The highest BCUT2D eigenvalue weighted by Gasteiger charge is 2.09. The summed E-state index contributed by atoms with van der Waals surface area (Å²) in [4.78, 5) is 4.32. The molecule has 0 bridgehead atoms. The van der Waals surface area contributed by atoms with Crippen LogP contribution in [0.25, 0.3) is 11.3 Å². The molecular formula is C20H21N3O2. The Kier molecular flexibility index (Phi) is 5.65. The van der Waals surface area contributed by atoms with Crippen LogP contribution >= 0.6 is 0 Å². The minimum atomic E-state index is 0.181. The third kappa shape index (κ3) is 4.37. The zero-order valence-corrected chi connectivity index (χ0v) is 14.3. The molecule has 0 aliphatic heterocycles. The molecule has 1 N–H and O–H groups in total. The fourth-order valence-corrected chi connectivity index (χ4v) is 2.55. The highest BCUT2D eigenvalue weighted by Crippen LogP contribution is 2.21. The Morgan fingerprint density at radius 1 is 1.24 bits per heavy atom. The second kappa shape index (κ2) is 8.32. The summed E-state index contributed by atoms with van der Waals surface area (Å²) in [5.41, 5.74) is 2.80. The normalized spacial score (nSPS) is 10.5. The second-order valence-corrected chi connectivity index (χ2v) is 5.71. The van der Waals surface area contributed by atoms with Gasteiger partial charge in [0.2, 0.25) is 0 Å². The van der Waals surface area contributed by atoms with Crippen LogP contribution in [0.2, 0.25) is 0 Å². The van der Waals surface area contributed by atoms with Gasteiger partial charge in [-0.3, -0.25) is 0 Å². The van der Waals surface area contributed by atoms with E-state index in [1.807, 2.05) is 36.5 Å². The molecular weight excluding hydrogens is 314 g/mol. The molecule has 0 fully saturated rings. The van der Waals surface area contributed by atoms with Crippen molar-refractivity contribution < 1.29 is 9.63 Å². The third-order valence-electron chi connectivity index (χ3n) is 3.87. The molecule has 0 unspecified atom stereocenters. The van der Waals surface area contributed by atoms with Gasteiger partial charge < -0.3 is 14.2 Å². The van der Waals surface area contributed by atoms with Gasteiger partial charge in [-0.1, -0.05) is 23.9 Å². The van der Waals surface area contributed by atoms with E-state index in [0.29, 0.717) is 19.4 Å². The van der Waals surface area contributed by atoms with Crippen LogP contribution in [-0.2, 0) is 13.0 Å². The van der Waals surface area contributed by atoms with Crippen molar-refractivity contribution in [3.8, 4) is 23.2 Å². The molecule has 3 rings (SSSR count). The molecule has 0 aliphatic carbocycles. The average Bonchev–Trinajstić information content (AvgIpc) is 3.29. The summed E-state index contributed by atoms with van der Waals surface area (Å²) in [5.74, 6) is 7.91. The quantitative estimate of drug-likeness (QED) is 0.555. The SMILES string of the molecule is CCc1nccn1Cc1cc(-c2ccc(C#CCCCO)cc2)on1. The number of rotatable bonds is 6. The van der Waals surface area contributed by atoms with Crippen molar-refractivity contribution >= 4 is 0 Å². The van der Waals surface area contributed by atoms with Crippen molar-refractivity contribution in [2.45, 2.75) is 32.7 Å². The Balaban J connectivity index is 1.68. The van der Waals surface area contributed by atoms with E-state index in [4.69, 9.17) is 9.63 Å². The molecule has 25 heavy (non-hydrogen) atoms. The molecule has 3 aromatic rings. The van der Waals surface area contributed by atoms with Gasteiger partial charge in [0.1, 0.15) is 11.5 Å². The standard InChI is InChI=1S/C20H21N3O2/c1-2-20-21-11-12-23(20)15-18-14-19(25-22-18)17-9-7-16(8-10-17)6-4-3-5-13-24/h7-12,14,24H,2-3,5,13,15H2,1H3. The first-order valence-corrected chi connectivity index (χ1v) is 8.46. The number of unbranched alkanes of at least 4 members (excludes halogenated alkanes) is 1. The molecule has 0 saturated carbocycles. The van der Waals surface area contributed by atoms with Crippen molar-refractivity contribution in [2.75, 3.05) is 6.61 Å². The van der Waals surface area contributed by atoms with Crippen LogP contribution in [0.15, 0.2) is 47.2 Å². The van der Waals surface area contributed by atoms with Crippen LogP contribution in [0.5, 0.6) is 0 Å². The largest absolute Gasteiger partial charge is 0.396 e. The van der Waals surface area contributed by atoms with Crippen molar-refractivity contribution in [3.05, 3.63) is 59.8 Å². The van der Waals surface area contributed by atoms with Crippen LogP contribution in [0.4, 0.5) is 0 Å². The Morgan fingerprint density at radius 2 is 2.08 bits per heavy atom. The number of hydrogen-bond acceptors (Lipinski definition) is 4. The van der Waals surface area contributed by atoms with Crippen molar-refractivity contribution in [1.82, 2.24) is 14.7 Å². The molecule has 0 amide bonds. The summed E-state index contributed by atoms with van der Waals surface area (Å²) in [6, 6.07) is 9.86. The van der Waals surface area contributed by atoms with Gasteiger partial charge in [-0.25, -0.2) is 4.98 Å². The lowest BCUT2D eigenvalue weighted by atomic mass is 10.1. The highest BCUT2D eigenvalue weighted by atomic mass is 16.5. The van der Waals surface area contributed by atoms with Gasteiger partial charge in [0.25, 0.3) is 0 Å². The van der Waals surface area contributed by atoms with E-state index in [-0.39, 0.29) is 6.61 Å². The Labute approximate surface area is 147 Å². The predicted octanol–water partition coefficient (Wildman–Crippen LogP) is 3.27. The Bertz CT molecular complexity index is 866. The third-order valence-corrected chi connectivity index (χ3v) is 3.87. The van der Waals surface area contributed by atoms with Crippen LogP contribution in [0.3, 0.4) is 0 Å². The van der Waals surface area contributed by atoms with Gasteiger partial charge in [-0.2, -0.15) is 0 Å². The van der Waals surface area contributed by atoms with Crippen molar-refractivity contribution in [2.24, 2.45) is 0 Å². The zero-order chi connectivity index (χ0) is 17.5. The molecule has 0 aliphatic rings. The number of nitrogens with zero attached hydrogens (tertiary/aromatic N) is 3. The van der Waals surface area contributed by atoms with Crippen LogP contribution in [0, 0.1) is 11.8 Å². The van der Waals surface area contributed by atoms with E-state index in [1.165, 1.54) is 0 Å². The number of hydrogen-bond donors (Lipinski definition) is 1. The van der Waals surface area contributed by atoms with Crippen LogP contribution < -0.4 is 0 Å². The number of imidazole rings is 1. The summed E-state index contributed by atoms with van der Waals surface area (Å²) in [6.07, 6.45) is 6.07. The molecule has 2 heterocycles. The fraction of sp³-hybridized carbons (Fsp3) is 0.300. The molecule has 5 nitrogen and oxygen atoms in total. The maximum absolute atomic E-state index is 8.75. The van der Waals surface area contributed by atoms with E-state index < -0.39 is 0 Å². The van der Waals surface area contributed by atoms with Gasteiger partial charge in [0, 0.05) is 49.0 Å². The van der Waals surface area contributed by atoms with E-state index >= 15 is 0 Å². The van der Waals surface area contributed by atoms with E-state index in [2.05, 4.69) is 33.5 Å². The maximum Gasteiger partial charge on any atom is 0.167 e. The monoisotopic (exact) mass is 335 g/mol. The fourth-order valence-electron chi connectivity index (χ4n) is 2.55. The number of aryl methyl sites for hydroxylation is 1. The first-order chi connectivity index (χ1) is 12.3. The maximum atomic E-state index is 8.75. The number of aliphatic hydroxyl groups is 1. The van der Waals surface area contributed by atoms with Gasteiger partial charge in [0.05, 0.1) is 6.54 Å². The Hall–Kier alpha value is -2.84. The lowest BCUT2D eigenvalue weighted by Gasteiger charge is -2.02. The summed E-state index contributed by atoms with van der Waals surface area (Å²) < 4.78 is 7.55. The molecule has 0 saturated heterocycles. The molecule has 0 spiro atoms. The highest BCUT2D eigenvalue weighted by molar-refractivity contribution is 5.59. The van der Waals surface area contributed by atoms with Gasteiger partial charge in [-0.05, 0) is 30.7 Å². The van der Waals surface area contributed by atoms with Gasteiger partial charge >= 0.3 is 0 Å². The minimum Gasteiger partial charge on any atom is -0.396 e. The summed E-state index contributed by atoms with van der Waals surface area (Å²) in [7, 11) is 0. The van der Waals surface area contributed by atoms with Crippen molar-refractivity contribution in [3.63, 3.8) is 0 Å². The smallest absolute Gasteiger partial charge is 0.167 e. The van der Waals surface area contributed by atoms with Crippen molar-refractivity contribution in [1.29, 1.82) is 0 Å². The lowest BCUT2D eigenvalue weighted by molar-refractivity contribution is 0.290. The predicted molar refractivity (Wildman–Crippen MR) is 95.8 cm³/mol. The number of aromatic nitrogens is 3. The summed E-state index contributed by atoms with van der Waals surface area (Å²) in [6.45, 7) is 2.92. The molecule has 0 radical (unpaired) electrons. The van der Waals surface area contributed by atoms with Crippen LogP contribution in [-0.4, -0.2) is 26.4 Å².